The van der Waals surface area contributed by atoms with Crippen LogP contribution >= 0.6 is 15.9 Å². The Morgan fingerprint density at radius 2 is 1.76 bits per heavy atom. The molecule has 3 heterocycles. The van der Waals surface area contributed by atoms with Gasteiger partial charge in [0.2, 0.25) is 0 Å². The van der Waals surface area contributed by atoms with Gasteiger partial charge in [-0.25, -0.2) is 4.79 Å². The number of halogens is 1. The molecular weight excluding hydrogens is 498 g/mol. The van der Waals surface area contributed by atoms with Crippen molar-refractivity contribution in [1.82, 2.24) is 9.47 Å². The summed E-state index contributed by atoms with van der Waals surface area (Å²) in [7, 11) is 0. The number of aromatic nitrogens is 1. The maximum absolute atomic E-state index is 12.5. The topological polar surface area (TPSA) is 71.8 Å². The van der Waals surface area contributed by atoms with Gasteiger partial charge in [0.05, 0.1) is 6.54 Å². The van der Waals surface area contributed by atoms with E-state index in [-0.39, 0.29) is 17.8 Å². The van der Waals surface area contributed by atoms with Gasteiger partial charge in [0.15, 0.2) is 0 Å². The molecule has 5 rings (SSSR count). The lowest BCUT2D eigenvalue weighted by Gasteiger charge is -2.37. The second kappa shape index (κ2) is 10.1. The third-order valence-electron chi connectivity index (χ3n) is 6.63. The highest BCUT2D eigenvalue weighted by molar-refractivity contribution is 9.10. The number of rotatable bonds is 4. The Balaban J connectivity index is 0.000000868. The van der Waals surface area contributed by atoms with E-state index in [4.69, 9.17) is 14.3 Å². The van der Waals surface area contributed by atoms with Crippen LogP contribution in [0.5, 0.6) is 0 Å². The van der Waals surface area contributed by atoms with Gasteiger partial charge < -0.3 is 9.30 Å². The van der Waals surface area contributed by atoms with E-state index in [0.717, 1.165) is 42.6 Å². The van der Waals surface area contributed by atoms with Crippen LogP contribution in [-0.4, -0.2) is 46.9 Å². The first-order chi connectivity index (χ1) is 16.4. The summed E-state index contributed by atoms with van der Waals surface area (Å²) in [6, 6.07) is 16.8. The fourth-order valence-corrected chi connectivity index (χ4v) is 5.26. The van der Waals surface area contributed by atoms with Crippen molar-refractivity contribution in [3.8, 4) is 0 Å². The van der Waals surface area contributed by atoms with Gasteiger partial charge in [0, 0.05) is 65.8 Å². The minimum Gasteiger partial charge on any atom is -0.441 e. The van der Waals surface area contributed by atoms with Crippen molar-refractivity contribution >= 4 is 44.8 Å². The molecule has 34 heavy (non-hydrogen) atoms. The van der Waals surface area contributed by atoms with Gasteiger partial charge in [-0.2, -0.15) is 9.59 Å². The lowest BCUT2D eigenvalue weighted by Crippen LogP contribution is -2.46. The zero-order valence-electron chi connectivity index (χ0n) is 19.4. The summed E-state index contributed by atoms with van der Waals surface area (Å²) in [6.45, 7) is 7.87. The zero-order chi connectivity index (χ0) is 24.3. The van der Waals surface area contributed by atoms with E-state index in [2.05, 4.69) is 63.6 Å². The maximum atomic E-state index is 12.5. The first kappa shape index (κ1) is 24.2. The zero-order valence-corrected chi connectivity index (χ0v) is 21.0. The molecule has 1 spiro atoms. The molecular formula is C26H28BrN3O4. The fourth-order valence-electron chi connectivity index (χ4n) is 4.90. The van der Waals surface area contributed by atoms with E-state index in [1.165, 1.54) is 16.5 Å². The van der Waals surface area contributed by atoms with E-state index in [1.54, 1.807) is 4.90 Å². The molecule has 3 aromatic rings. The van der Waals surface area contributed by atoms with Gasteiger partial charge in [-0.1, -0.05) is 34.1 Å². The minimum absolute atomic E-state index is 0.218. The van der Waals surface area contributed by atoms with Crippen LogP contribution in [0.15, 0.2) is 59.2 Å². The van der Waals surface area contributed by atoms with E-state index in [9.17, 15) is 4.79 Å². The number of para-hydroxylation sites is 1. The molecule has 0 unspecified atom stereocenters. The van der Waals surface area contributed by atoms with Crippen molar-refractivity contribution in [3.05, 3.63) is 64.8 Å². The molecule has 0 N–H and O–H groups in total. The summed E-state index contributed by atoms with van der Waals surface area (Å²) >= 11 is 3.63. The largest absolute Gasteiger partial charge is 0.441 e. The second-order valence-electron chi connectivity index (χ2n) is 9.15. The smallest absolute Gasteiger partial charge is 0.415 e. The Morgan fingerprint density at radius 3 is 2.41 bits per heavy atom. The quantitative estimate of drug-likeness (QED) is 0.456. The van der Waals surface area contributed by atoms with Gasteiger partial charge in [-0.15, -0.1) is 0 Å². The standard InChI is InChI=1S/C25H28BrN3O2.CO2/c1-18(2)28-16-19(22-14-20(26)8-9-23(22)28)15-27-12-10-25(11-13-27)17-29(24(30)31-25)21-6-4-3-5-7-21;2-1-3/h3-9,14,16,18H,10-13,15,17H2,1-2H3;. The molecule has 2 aliphatic heterocycles. The van der Waals surface area contributed by atoms with Crippen LogP contribution in [0.3, 0.4) is 0 Å². The van der Waals surface area contributed by atoms with Crippen molar-refractivity contribution in [2.75, 3.05) is 24.5 Å². The van der Waals surface area contributed by atoms with Crippen LogP contribution in [-0.2, 0) is 20.9 Å². The van der Waals surface area contributed by atoms with E-state index >= 15 is 0 Å². The number of anilines is 1. The van der Waals surface area contributed by atoms with Crippen molar-refractivity contribution in [2.24, 2.45) is 0 Å². The van der Waals surface area contributed by atoms with E-state index < -0.39 is 0 Å². The molecule has 2 aromatic carbocycles. The van der Waals surface area contributed by atoms with E-state index in [1.807, 2.05) is 30.3 Å². The molecule has 2 aliphatic rings. The van der Waals surface area contributed by atoms with Crippen LogP contribution in [0.25, 0.3) is 10.9 Å². The van der Waals surface area contributed by atoms with Crippen LogP contribution in [0.2, 0.25) is 0 Å². The molecule has 0 bridgehead atoms. The lowest BCUT2D eigenvalue weighted by molar-refractivity contribution is -0.191. The van der Waals surface area contributed by atoms with Crippen LogP contribution in [0.1, 0.15) is 38.3 Å². The number of benzene rings is 2. The summed E-state index contributed by atoms with van der Waals surface area (Å²) in [5, 5.41) is 1.31. The minimum atomic E-state index is -0.363. The third-order valence-corrected chi connectivity index (χ3v) is 7.13. The number of likely N-dealkylation sites (tertiary alicyclic amines) is 1. The Morgan fingerprint density at radius 1 is 1.09 bits per heavy atom. The van der Waals surface area contributed by atoms with Crippen molar-refractivity contribution in [2.45, 2.75) is 44.9 Å². The Bertz CT molecular complexity index is 1190. The lowest BCUT2D eigenvalue weighted by atomic mass is 9.91. The molecule has 1 amide bonds. The molecule has 1 aromatic heterocycles. The first-order valence-corrected chi connectivity index (χ1v) is 12.2. The molecule has 0 aliphatic carbocycles. The van der Waals surface area contributed by atoms with Crippen LogP contribution < -0.4 is 4.90 Å². The van der Waals surface area contributed by atoms with Crippen molar-refractivity contribution in [3.63, 3.8) is 0 Å². The van der Waals surface area contributed by atoms with Gasteiger partial charge in [-0.3, -0.25) is 9.80 Å². The summed E-state index contributed by atoms with van der Waals surface area (Å²) < 4.78 is 9.40. The van der Waals surface area contributed by atoms with Crippen molar-refractivity contribution < 1.29 is 19.1 Å². The highest BCUT2D eigenvalue weighted by Gasteiger charge is 2.47. The average molecular weight is 526 g/mol. The molecule has 0 radical (unpaired) electrons. The number of nitrogens with zero attached hydrogens (tertiary/aromatic N) is 3. The van der Waals surface area contributed by atoms with Gasteiger partial charge in [0.25, 0.3) is 0 Å². The summed E-state index contributed by atoms with van der Waals surface area (Å²) in [5.74, 6) is 0. The average Bonchev–Trinajstić information content (AvgIpc) is 3.34. The predicted molar refractivity (Wildman–Crippen MR) is 133 cm³/mol. The highest BCUT2D eigenvalue weighted by atomic mass is 79.9. The molecule has 0 atom stereocenters. The fraction of sp³-hybridized carbons (Fsp3) is 0.385. The number of hydrogen-bond acceptors (Lipinski definition) is 5. The monoisotopic (exact) mass is 525 g/mol. The number of hydrogen-bond donors (Lipinski definition) is 0. The molecule has 7 nitrogen and oxygen atoms in total. The molecule has 0 saturated carbocycles. The number of fused-ring (bicyclic) bond motifs is 1. The number of ether oxygens (including phenoxy) is 1. The Hall–Kier alpha value is -2.93. The number of piperidine rings is 1. The van der Waals surface area contributed by atoms with Crippen molar-refractivity contribution in [1.29, 1.82) is 0 Å². The second-order valence-corrected chi connectivity index (χ2v) is 10.1. The van der Waals surface area contributed by atoms with Gasteiger partial charge in [-0.05, 0) is 49.7 Å². The molecule has 8 heteroatoms. The maximum Gasteiger partial charge on any atom is 0.415 e. The molecule has 2 saturated heterocycles. The predicted octanol–water partition coefficient (Wildman–Crippen LogP) is 5.39. The van der Waals surface area contributed by atoms with Gasteiger partial charge in [0.1, 0.15) is 5.60 Å². The Labute approximate surface area is 207 Å². The SMILES string of the molecule is CC(C)n1cc(CN2CCC3(CC2)CN(c2ccccc2)C(=O)O3)c2cc(Br)ccc21.O=C=O. The first-order valence-electron chi connectivity index (χ1n) is 11.4. The number of amides is 1. The Kier molecular flexibility index (Phi) is 7.22. The molecule has 178 valence electrons. The molecule has 2 fully saturated rings. The summed E-state index contributed by atoms with van der Waals surface area (Å²) in [4.78, 5) is 33.1. The number of carbonyl (C=O) groups is 1. The van der Waals surface area contributed by atoms with Crippen LogP contribution in [0.4, 0.5) is 10.5 Å². The summed E-state index contributed by atoms with van der Waals surface area (Å²) in [5.41, 5.74) is 3.19. The number of carbonyl (C=O) groups excluding carboxylic acids is 3. The van der Waals surface area contributed by atoms with Crippen LogP contribution in [0, 0.1) is 0 Å². The third kappa shape index (κ3) is 4.94. The van der Waals surface area contributed by atoms with E-state index in [0.29, 0.717) is 12.6 Å². The normalized spacial score (nSPS) is 17.5. The highest BCUT2D eigenvalue weighted by Crippen LogP contribution is 2.36. The summed E-state index contributed by atoms with van der Waals surface area (Å²) in [6.07, 6.45) is 4.08. The van der Waals surface area contributed by atoms with Gasteiger partial charge >= 0.3 is 12.2 Å².